The summed E-state index contributed by atoms with van der Waals surface area (Å²) in [4.78, 5) is 31.7. The molecular formula is C31H25N7O2. The highest BCUT2D eigenvalue weighted by molar-refractivity contribution is 6.04. The van der Waals surface area contributed by atoms with Crippen LogP contribution in [0.3, 0.4) is 0 Å². The molecule has 6 rings (SSSR count). The van der Waals surface area contributed by atoms with Crippen LogP contribution in [0.15, 0.2) is 90.0 Å². The third-order valence-electron chi connectivity index (χ3n) is 6.68. The SMILES string of the molecule is CC(NC(=O)c1c(N)nn2c1NCC=C2)c1cc2cccc(C#Cc3cccnc3)c2c(=O)n1-c1ccccc1. The number of nitrogens with two attached hydrogens (primary N) is 1. The highest BCUT2D eigenvalue weighted by atomic mass is 16.2. The molecule has 196 valence electrons. The fraction of sp³-hybridized carbons (Fsp3) is 0.0968. The van der Waals surface area contributed by atoms with E-state index >= 15 is 0 Å². The second kappa shape index (κ2) is 10.3. The minimum Gasteiger partial charge on any atom is -0.381 e. The van der Waals surface area contributed by atoms with Crippen LogP contribution in [0.4, 0.5) is 11.6 Å². The molecule has 0 saturated carbocycles. The maximum absolute atomic E-state index is 14.2. The molecule has 9 nitrogen and oxygen atoms in total. The Labute approximate surface area is 230 Å². The molecule has 9 heteroatoms. The fourth-order valence-corrected chi connectivity index (χ4v) is 4.83. The van der Waals surface area contributed by atoms with E-state index in [1.165, 1.54) is 0 Å². The molecule has 4 heterocycles. The minimum absolute atomic E-state index is 0.120. The van der Waals surface area contributed by atoms with Gasteiger partial charge in [-0.3, -0.25) is 19.1 Å². The normalized spacial score (nSPS) is 12.6. The molecule has 2 aromatic carbocycles. The van der Waals surface area contributed by atoms with Crippen LogP contribution in [-0.4, -0.2) is 31.8 Å². The van der Waals surface area contributed by atoms with Crippen molar-refractivity contribution in [2.45, 2.75) is 13.0 Å². The van der Waals surface area contributed by atoms with Crippen molar-refractivity contribution in [3.05, 3.63) is 118 Å². The first-order valence-electron chi connectivity index (χ1n) is 12.8. The monoisotopic (exact) mass is 527 g/mol. The van der Waals surface area contributed by atoms with E-state index in [0.717, 1.165) is 10.9 Å². The number of amides is 1. The summed E-state index contributed by atoms with van der Waals surface area (Å²) < 4.78 is 3.17. The number of fused-ring (bicyclic) bond motifs is 2. The number of benzene rings is 2. The van der Waals surface area contributed by atoms with E-state index in [-0.39, 0.29) is 16.9 Å². The molecule has 4 N–H and O–H groups in total. The van der Waals surface area contributed by atoms with Gasteiger partial charge in [0.2, 0.25) is 0 Å². The molecular weight excluding hydrogens is 502 g/mol. The molecule has 1 unspecified atom stereocenters. The number of para-hydroxylation sites is 1. The van der Waals surface area contributed by atoms with Crippen LogP contribution >= 0.6 is 0 Å². The van der Waals surface area contributed by atoms with Crippen LogP contribution in [0.25, 0.3) is 22.7 Å². The Morgan fingerprint density at radius 2 is 1.95 bits per heavy atom. The molecule has 1 aliphatic heterocycles. The number of pyridine rings is 2. The first kappa shape index (κ1) is 24.7. The third kappa shape index (κ3) is 4.48. The van der Waals surface area contributed by atoms with Crippen molar-refractivity contribution >= 4 is 34.5 Å². The van der Waals surface area contributed by atoms with Gasteiger partial charge in [-0.15, -0.1) is 5.10 Å². The lowest BCUT2D eigenvalue weighted by Gasteiger charge is -2.21. The Balaban J connectivity index is 1.46. The Morgan fingerprint density at radius 3 is 2.75 bits per heavy atom. The minimum atomic E-state index is -0.552. The van der Waals surface area contributed by atoms with Crippen molar-refractivity contribution in [2.75, 3.05) is 17.6 Å². The third-order valence-corrected chi connectivity index (χ3v) is 6.68. The van der Waals surface area contributed by atoms with Gasteiger partial charge in [0.05, 0.1) is 11.4 Å². The van der Waals surface area contributed by atoms with Gasteiger partial charge in [-0.2, -0.15) is 0 Å². The molecule has 1 aliphatic rings. The molecule has 0 radical (unpaired) electrons. The summed E-state index contributed by atoms with van der Waals surface area (Å²) in [6.07, 6.45) is 7.01. The molecule has 40 heavy (non-hydrogen) atoms. The number of nitrogens with zero attached hydrogens (tertiary/aromatic N) is 4. The van der Waals surface area contributed by atoms with E-state index in [0.29, 0.717) is 34.7 Å². The highest BCUT2D eigenvalue weighted by Gasteiger charge is 2.26. The first-order chi connectivity index (χ1) is 19.5. The molecule has 3 aromatic heterocycles. The number of nitrogens with one attached hydrogen (secondary N) is 2. The summed E-state index contributed by atoms with van der Waals surface area (Å²) in [5.74, 6) is 6.51. The Morgan fingerprint density at radius 1 is 1.10 bits per heavy atom. The number of hydrogen-bond donors (Lipinski definition) is 3. The van der Waals surface area contributed by atoms with Crippen LogP contribution in [0.5, 0.6) is 0 Å². The predicted octanol–water partition coefficient (Wildman–Crippen LogP) is 3.95. The summed E-state index contributed by atoms with van der Waals surface area (Å²) in [6.45, 7) is 2.40. The lowest BCUT2D eigenvalue weighted by atomic mass is 10.0. The molecule has 0 bridgehead atoms. The van der Waals surface area contributed by atoms with Gasteiger partial charge in [0.25, 0.3) is 11.5 Å². The van der Waals surface area contributed by atoms with Crippen molar-refractivity contribution in [2.24, 2.45) is 0 Å². The van der Waals surface area contributed by atoms with E-state index in [1.54, 1.807) is 27.8 Å². The molecule has 0 saturated heterocycles. The first-order valence-corrected chi connectivity index (χ1v) is 12.8. The number of anilines is 2. The molecule has 0 spiro atoms. The number of nitrogen functional groups attached to an aromatic ring is 1. The van der Waals surface area contributed by atoms with E-state index in [4.69, 9.17) is 5.73 Å². The van der Waals surface area contributed by atoms with Gasteiger partial charge in [-0.05, 0) is 54.8 Å². The van der Waals surface area contributed by atoms with E-state index in [2.05, 4.69) is 32.6 Å². The van der Waals surface area contributed by atoms with Crippen LogP contribution < -0.4 is 21.9 Å². The number of hydrogen-bond acceptors (Lipinski definition) is 6. The largest absolute Gasteiger partial charge is 0.381 e. The Bertz CT molecular complexity index is 1900. The molecule has 0 fully saturated rings. The maximum atomic E-state index is 14.2. The van der Waals surface area contributed by atoms with Crippen molar-refractivity contribution in [3.8, 4) is 17.5 Å². The fourth-order valence-electron chi connectivity index (χ4n) is 4.83. The lowest BCUT2D eigenvalue weighted by molar-refractivity contribution is 0.0940. The van der Waals surface area contributed by atoms with Crippen LogP contribution in [-0.2, 0) is 0 Å². The summed E-state index contributed by atoms with van der Waals surface area (Å²) in [5.41, 5.74) is 8.79. The molecule has 5 aromatic rings. The average Bonchev–Trinajstić information content (AvgIpc) is 3.32. The van der Waals surface area contributed by atoms with Gasteiger partial charge >= 0.3 is 0 Å². The average molecular weight is 528 g/mol. The number of aromatic nitrogens is 4. The van der Waals surface area contributed by atoms with Crippen molar-refractivity contribution < 1.29 is 4.79 Å². The highest BCUT2D eigenvalue weighted by Crippen LogP contribution is 2.27. The van der Waals surface area contributed by atoms with Gasteiger partial charge < -0.3 is 16.4 Å². The second-order valence-electron chi connectivity index (χ2n) is 9.32. The zero-order valence-corrected chi connectivity index (χ0v) is 21.6. The lowest BCUT2D eigenvalue weighted by Crippen LogP contribution is -2.33. The smallest absolute Gasteiger partial charge is 0.264 e. The van der Waals surface area contributed by atoms with Crippen molar-refractivity contribution in [1.29, 1.82) is 0 Å². The Kier molecular flexibility index (Phi) is 6.34. The van der Waals surface area contributed by atoms with Gasteiger partial charge in [0, 0.05) is 47.6 Å². The Hall–Kier alpha value is -5.62. The standard InChI is InChI=1S/C31H25N7O2/c1-20(35-30(39)27-28(32)36-37-17-7-16-34-29(27)37)25-18-23-10-5-9-22(14-13-21-8-6-15-33-19-21)26(23)31(40)38(25)24-11-3-2-4-12-24/h2-12,15,17-20,34H,16H2,1H3,(H2,32,36)(H,35,39). The number of rotatable bonds is 4. The van der Waals surface area contributed by atoms with Crippen molar-refractivity contribution in [1.82, 2.24) is 24.6 Å². The quantitative estimate of drug-likeness (QED) is 0.305. The van der Waals surface area contributed by atoms with Gasteiger partial charge in [-0.25, -0.2) is 4.68 Å². The summed E-state index contributed by atoms with van der Waals surface area (Å²) in [7, 11) is 0. The summed E-state index contributed by atoms with van der Waals surface area (Å²) in [6, 6.07) is 20.0. The topological polar surface area (TPSA) is 120 Å². The predicted molar refractivity (Wildman–Crippen MR) is 156 cm³/mol. The van der Waals surface area contributed by atoms with Crippen LogP contribution in [0.2, 0.25) is 0 Å². The van der Waals surface area contributed by atoms with Gasteiger partial charge in [-0.1, -0.05) is 42.2 Å². The zero-order valence-electron chi connectivity index (χ0n) is 21.6. The summed E-state index contributed by atoms with van der Waals surface area (Å²) >= 11 is 0. The number of carbonyl (C=O) groups excluding carboxylic acids is 1. The van der Waals surface area contributed by atoms with E-state index in [9.17, 15) is 9.59 Å². The molecule has 0 aliphatic carbocycles. The van der Waals surface area contributed by atoms with Crippen LogP contribution in [0.1, 0.15) is 40.1 Å². The van der Waals surface area contributed by atoms with Crippen molar-refractivity contribution in [3.63, 3.8) is 0 Å². The summed E-state index contributed by atoms with van der Waals surface area (Å²) in [5, 5.41) is 11.6. The molecule has 1 atom stereocenters. The van der Waals surface area contributed by atoms with Gasteiger partial charge in [0.1, 0.15) is 11.4 Å². The van der Waals surface area contributed by atoms with Crippen LogP contribution in [0, 0.1) is 11.8 Å². The van der Waals surface area contributed by atoms with E-state index in [1.807, 2.05) is 79.7 Å². The number of carbonyl (C=O) groups is 1. The zero-order chi connectivity index (χ0) is 27.6. The van der Waals surface area contributed by atoms with Gasteiger partial charge in [0.15, 0.2) is 5.82 Å². The van der Waals surface area contributed by atoms with E-state index < -0.39 is 11.9 Å². The second-order valence-corrected chi connectivity index (χ2v) is 9.32. The maximum Gasteiger partial charge on any atom is 0.264 e. The molecule has 1 amide bonds.